The van der Waals surface area contributed by atoms with Gasteiger partial charge < -0.3 is 10.5 Å². The number of carbonyl (C=O) groups excluding carboxylic acids is 1. The van der Waals surface area contributed by atoms with Crippen molar-refractivity contribution in [2.45, 2.75) is 90.9 Å². The number of nitrogens with one attached hydrogen (secondary N) is 2. The minimum Gasteiger partial charge on any atom is -0.507 e. The van der Waals surface area contributed by atoms with Gasteiger partial charge in [-0.1, -0.05) is 59.8 Å². The summed E-state index contributed by atoms with van der Waals surface area (Å²) in [5.74, 6) is 0.373. The van der Waals surface area contributed by atoms with Crippen LogP contribution in [0.4, 0.5) is 0 Å². The second kappa shape index (κ2) is 8.37. The maximum atomic E-state index is 12.2. The molecule has 1 aromatic carbocycles. The summed E-state index contributed by atoms with van der Waals surface area (Å²) in [5.41, 5.74) is 9.65. The van der Waals surface area contributed by atoms with Crippen LogP contribution < -0.4 is 10.9 Å². The molecular formula is C23H36N2O2. The van der Waals surface area contributed by atoms with Crippen molar-refractivity contribution in [3.8, 4) is 5.75 Å². The van der Waals surface area contributed by atoms with E-state index in [2.05, 4.69) is 70.6 Å². The van der Waals surface area contributed by atoms with E-state index >= 15 is 0 Å². The van der Waals surface area contributed by atoms with Crippen LogP contribution in [0.2, 0.25) is 0 Å². The fourth-order valence-electron chi connectivity index (χ4n) is 3.40. The van der Waals surface area contributed by atoms with Crippen LogP contribution >= 0.6 is 0 Å². The predicted molar refractivity (Wildman–Crippen MR) is 112 cm³/mol. The SMILES string of the molecule is CC(C)(C)c1cc(CCC(=O)NNC2=CCCCC2)cc(C(C)(C)C)c1O. The Morgan fingerprint density at radius 2 is 1.63 bits per heavy atom. The number of rotatable bonds is 5. The first-order valence-corrected chi connectivity index (χ1v) is 10.1. The maximum Gasteiger partial charge on any atom is 0.238 e. The van der Waals surface area contributed by atoms with Crippen LogP contribution in [0.3, 0.4) is 0 Å². The molecule has 0 saturated heterocycles. The van der Waals surface area contributed by atoms with E-state index in [1.807, 2.05) is 0 Å². The number of allylic oxidation sites excluding steroid dienone is 2. The zero-order valence-electron chi connectivity index (χ0n) is 17.8. The third-order valence-electron chi connectivity index (χ3n) is 5.08. The van der Waals surface area contributed by atoms with Gasteiger partial charge in [0.15, 0.2) is 0 Å². The third-order valence-corrected chi connectivity index (χ3v) is 5.08. The highest BCUT2D eigenvalue weighted by atomic mass is 16.3. The lowest BCUT2D eigenvalue weighted by Crippen LogP contribution is -2.37. The molecule has 1 amide bonds. The highest BCUT2D eigenvalue weighted by molar-refractivity contribution is 5.75. The van der Waals surface area contributed by atoms with Gasteiger partial charge >= 0.3 is 0 Å². The van der Waals surface area contributed by atoms with Gasteiger partial charge in [-0.15, -0.1) is 0 Å². The molecule has 3 N–H and O–H groups in total. The van der Waals surface area contributed by atoms with E-state index in [1.165, 1.54) is 12.8 Å². The van der Waals surface area contributed by atoms with Crippen molar-refractivity contribution < 1.29 is 9.90 Å². The highest BCUT2D eigenvalue weighted by Gasteiger charge is 2.26. The second-order valence-corrected chi connectivity index (χ2v) is 9.69. The Morgan fingerprint density at radius 3 is 2.11 bits per heavy atom. The fourth-order valence-corrected chi connectivity index (χ4v) is 3.40. The zero-order chi connectivity index (χ0) is 20.2. The summed E-state index contributed by atoms with van der Waals surface area (Å²) >= 11 is 0. The van der Waals surface area contributed by atoms with Crippen molar-refractivity contribution in [3.05, 3.63) is 40.6 Å². The van der Waals surface area contributed by atoms with Crippen molar-refractivity contribution in [2.24, 2.45) is 0 Å². The predicted octanol–water partition coefficient (Wildman–Crippen LogP) is 5.00. The molecule has 2 rings (SSSR count). The molecule has 1 aliphatic carbocycles. The zero-order valence-corrected chi connectivity index (χ0v) is 17.8. The summed E-state index contributed by atoms with van der Waals surface area (Å²) in [6.07, 6.45) is 7.71. The number of benzene rings is 1. The minimum absolute atomic E-state index is 0.0100. The first-order chi connectivity index (χ1) is 12.5. The molecule has 0 radical (unpaired) electrons. The summed E-state index contributed by atoms with van der Waals surface area (Å²) in [4.78, 5) is 12.2. The first-order valence-electron chi connectivity index (χ1n) is 10.1. The number of hydrogen-bond acceptors (Lipinski definition) is 3. The van der Waals surface area contributed by atoms with Crippen LogP contribution in [0.1, 0.15) is 90.3 Å². The number of hydrogen-bond donors (Lipinski definition) is 3. The van der Waals surface area contributed by atoms with E-state index < -0.39 is 0 Å². The average molecular weight is 373 g/mol. The number of phenols is 1. The van der Waals surface area contributed by atoms with Crippen molar-refractivity contribution in [2.75, 3.05) is 0 Å². The summed E-state index contributed by atoms with van der Waals surface area (Å²) in [7, 11) is 0. The van der Waals surface area contributed by atoms with E-state index in [9.17, 15) is 9.90 Å². The van der Waals surface area contributed by atoms with E-state index in [1.54, 1.807) is 0 Å². The molecule has 1 aliphatic rings. The molecular weight excluding hydrogens is 336 g/mol. The molecule has 0 aliphatic heterocycles. The van der Waals surface area contributed by atoms with Crippen molar-refractivity contribution in [1.29, 1.82) is 0 Å². The quantitative estimate of drug-likeness (QED) is 0.638. The van der Waals surface area contributed by atoms with Crippen LogP contribution in [-0.4, -0.2) is 11.0 Å². The standard InChI is InChI=1S/C23H36N2O2/c1-22(2,3)18-14-16(15-19(21(18)27)23(4,5)6)12-13-20(26)25-24-17-10-8-7-9-11-17/h10,14-15,24,27H,7-9,11-13H2,1-6H3,(H,25,26). The molecule has 0 aromatic heterocycles. The average Bonchev–Trinajstić information content (AvgIpc) is 2.58. The molecule has 0 unspecified atom stereocenters. The Kier molecular flexibility index (Phi) is 6.61. The molecule has 0 bridgehead atoms. The molecule has 1 aromatic rings. The van der Waals surface area contributed by atoms with Gasteiger partial charge in [-0.25, -0.2) is 0 Å². The van der Waals surface area contributed by atoms with Gasteiger partial charge in [-0.2, -0.15) is 0 Å². The minimum atomic E-state index is -0.155. The molecule has 27 heavy (non-hydrogen) atoms. The summed E-state index contributed by atoms with van der Waals surface area (Å²) in [6.45, 7) is 12.6. The first kappa shape index (κ1) is 21.3. The lowest BCUT2D eigenvalue weighted by Gasteiger charge is -2.28. The van der Waals surface area contributed by atoms with Gasteiger partial charge in [0.25, 0.3) is 0 Å². The number of hydrazine groups is 1. The molecule has 0 spiro atoms. The number of carbonyl (C=O) groups is 1. The molecule has 0 heterocycles. The summed E-state index contributed by atoms with van der Waals surface area (Å²) in [5, 5.41) is 10.8. The van der Waals surface area contributed by atoms with Gasteiger partial charge in [-0.3, -0.25) is 10.2 Å². The van der Waals surface area contributed by atoms with Crippen LogP contribution in [0, 0.1) is 0 Å². The van der Waals surface area contributed by atoms with Crippen LogP contribution in [-0.2, 0) is 22.0 Å². The van der Waals surface area contributed by atoms with Gasteiger partial charge in [0.2, 0.25) is 5.91 Å². The molecule has 150 valence electrons. The second-order valence-electron chi connectivity index (χ2n) is 9.69. The Balaban J connectivity index is 2.09. The summed E-state index contributed by atoms with van der Waals surface area (Å²) in [6, 6.07) is 4.10. The number of aromatic hydroxyl groups is 1. The number of amides is 1. The summed E-state index contributed by atoms with van der Waals surface area (Å²) < 4.78 is 0. The van der Waals surface area contributed by atoms with Gasteiger partial charge in [0.05, 0.1) is 0 Å². The van der Waals surface area contributed by atoms with E-state index in [4.69, 9.17) is 0 Å². The Hall–Kier alpha value is -1.97. The van der Waals surface area contributed by atoms with Crippen molar-refractivity contribution in [1.82, 2.24) is 10.9 Å². The van der Waals surface area contributed by atoms with Crippen LogP contribution in [0.5, 0.6) is 5.75 Å². The molecule has 0 fully saturated rings. The Bertz CT molecular complexity index is 671. The van der Waals surface area contributed by atoms with Gasteiger partial charge in [0, 0.05) is 12.1 Å². The lowest BCUT2D eigenvalue weighted by atomic mass is 9.78. The monoisotopic (exact) mass is 372 g/mol. The Labute approximate surface area is 164 Å². The Morgan fingerprint density at radius 1 is 1.04 bits per heavy atom. The van der Waals surface area contributed by atoms with Crippen LogP contribution in [0.25, 0.3) is 0 Å². The fraction of sp³-hybridized carbons (Fsp3) is 0.609. The van der Waals surface area contributed by atoms with Gasteiger partial charge in [0.1, 0.15) is 5.75 Å². The van der Waals surface area contributed by atoms with Crippen molar-refractivity contribution in [3.63, 3.8) is 0 Å². The maximum absolute atomic E-state index is 12.2. The highest BCUT2D eigenvalue weighted by Crippen LogP contribution is 2.39. The number of aryl methyl sites for hydroxylation is 1. The van der Waals surface area contributed by atoms with E-state index in [-0.39, 0.29) is 16.7 Å². The van der Waals surface area contributed by atoms with Crippen molar-refractivity contribution >= 4 is 5.91 Å². The van der Waals surface area contributed by atoms with Gasteiger partial charge in [-0.05, 0) is 59.6 Å². The smallest absolute Gasteiger partial charge is 0.238 e. The molecule has 0 atom stereocenters. The van der Waals surface area contributed by atoms with E-state index in [0.717, 1.165) is 35.2 Å². The normalized spacial score (nSPS) is 15.3. The third kappa shape index (κ3) is 6.02. The number of phenolic OH excluding ortho intramolecular Hbond substituents is 1. The topological polar surface area (TPSA) is 61.4 Å². The van der Waals surface area contributed by atoms with E-state index in [0.29, 0.717) is 18.6 Å². The largest absolute Gasteiger partial charge is 0.507 e. The van der Waals surface area contributed by atoms with Crippen LogP contribution in [0.15, 0.2) is 23.9 Å². The lowest BCUT2D eigenvalue weighted by molar-refractivity contribution is -0.121. The molecule has 4 nitrogen and oxygen atoms in total. The molecule has 0 saturated carbocycles. The molecule has 4 heteroatoms.